The SMILES string of the molecule is CC1(C)CCCn2c1nc(-c1ccc(F)cc1)c2Br. The number of rotatable bonds is 1. The number of halogens is 2. The number of fused-ring (bicyclic) bond motifs is 1. The number of nitrogens with zero attached hydrogens (tertiary/aromatic N) is 2. The number of imidazole rings is 1. The molecule has 1 aliphatic heterocycles. The Morgan fingerprint density at radius 2 is 1.95 bits per heavy atom. The largest absolute Gasteiger partial charge is 0.322 e. The van der Waals surface area contributed by atoms with E-state index in [0.29, 0.717) is 0 Å². The van der Waals surface area contributed by atoms with Crippen LogP contribution < -0.4 is 0 Å². The third kappa shape index (κ3) is 2.12. The summed E-state index contributed by atoms with van der Waals surface area (Å²) in [6.45, 7) is 5.45. The molecule has 0 atom stereocenters. The van der Waals surface area contributed by atoms with Gasteiger partial charge in [-0.25, -0.2) is 9.37 Å². The van der Waals surface area contributed by atoms with Gasteiger partial charge in [0.1, 0.15) is 21.9 Å². The summed E-state index contributed by atoms with van der Waals surface area (Å²) in [5, 5.41) is 0. The number of hydrogen-bond acceptors (Lipinski definition) is 1. The first-order chi connectivity index (χ1) is 8.99. The highest BCUT2D eigenvalue weighted by atomic mass is 79.9. The molecule has 0 amide bonds. The Bertz CT molecular complexity index is 614. The minimum atomic E-state index is -0.218. The quantitative estimate of drug-likeness (QED) is 0.754. The van der Waals surface area contributed by atoms with Gasteiger partial charge in [-0.15, -0.1) is 0 Å². The number of benzene rings is 1. The normalized spacial score (nSPS) is 17.3. The van der Waals surface area contributed by atoms with E-state index in [0.717, 1.165) is 41.1 Å². The molecule has 0 unspecified atom stereocenters. The highest BCUT2D eigenvalue weighted by molar-refractivity contribution is 9.10. The highest BCUT2D eigenvalue weighted by Crippen LogP contribution is 2.38. The summed E-state index contributed by atoms with van der Waals surface area (Å²) < 4.78 is 16.3. The zero-order chi connectivity index (χ0) is 13.6. The van der Waals surface area contributed by atoms with Crippen LogP contribution in [-0.2, 0) is 12.0 Å². The van der Waals surface area contributed by atoms with Crippen molar-refractivity contribution >= 4 is 15.9 Å². The Morgan fingerprint density at radius 1 is 1.26 bits per heavy atom. The lowest BCUT2D eigenvalue weighted by atomic mass is 9.84. The second-order valence-corrected chi connectivity index (χ2v) is 6.47. The van der Waals surface area contributed by atoms with E-state index in [1.54, 1.807) is 12.1 Å². The Labute approximate surface area is 120 Å². The summed E-state index contributed by atoms with van der Waals surface area (Å²) in [5.74, 6) is 0.897. The maximum Gasteiger partial charge on any atom is 0.123 e. The van der Waals surface area contributed by atoms with Crippen LogP contribution in [0.5, 0.6) is 0 Å². The van der Waals surface area contributed by atoms with Crippen LogP contribution in [0.2, 0.25) is 0 Å². The lowest BCUT2D eigenvalue weighted by Gasteiger charge is -2.30. The van der Waals surface area contributed by atoms with Crippen LogP contribution in [-0.4, -0.2) is 9.55 Å². The fourth-order valence-corrected chi connectivity index (χ4v) is 3.40. The van der Waals surface area contributed by atoms with Crippen molar-refractivity contribution in [3.05, 3.63) is 40.5 Å². The van der Waals surface area contributed by atoms with E-state index in [2.05, 4.69) is 34.3 Å². The zero-order valence-corrected chi connectivity index (χ0v) is 12.7. The summed E-state index contributed by atoms with van der Waals surface area (Å²) in [5.41, 5.74) is 1.95. The van der Waals surface area contributed by atoms with Crippen molar-refractivity contribution in [2.75, 3.05) is 0 Å². The van der Waals surface area contributed by atoms with Gasteiger partial charge in [-0.1, -0.05) is 13.8 Å². The van der Waals surface area contributed by atoms with Crippen LogP contribution in [0.25, 0.3) is 11.3 Å². The van der Waals surface area contributed by atoms with Crippen LogP contribution in [0.15, 0.2) is 28.9 Å². The minimum Gasteiger partial charge on any atom is -0.322 e. The molecular weight excluding hydrogens is 307 g/mol. The van der Waals surface area contributed by atoms with Gasteiger partial charge in [0.25, 0.3) is 0 Å². The third-order valence-corrected chi connectivity index (χ3v) is 4.62. The first-order valence-electron chi connectivity index (χ1n) is 6.51. The van der Waals surface area contributed by atoms with Crippen LogP contribution in [0.1, 0.15) is 32.5 Å². The smallest absolute Gasteiger partial charge is 0.123 e. The summed E-state index contributed by atoms with van der Waals surface area (Å²) >= 11 is 3.65. The molecule has 19 heavy (non-hydrogen) atoms. The summed E-state index contributed by atoms with van der Waals surface area (Å²) in [4.78, 5) is 4.80. The van der Waals surface area contributed by atoms with E-state index in [-0.39, 0.29) is 11.2 Å². The summed E-state index contributed by atoms with van der Waals surface area (Å²) in [6, 6.07) is 6.51. The lowest BCUT2D eigenvalue weighted by Crippen LogP contribution is -2.28. The van der Waals surface area contributed by atoms with Crippen LogP contribution in [0.3, 0.4) is 0 Å². The van der Waals surface area contributed by atoms with E-state index in [1.807, 2.05) is 0 Å². The molecule has 1 aliphatic rings. The molecule has 1 aromatic carbocycles. The molecule has 0 saturated carbocycles. The fourth-order valence-electron chi connectivity index (χ4n) is 2.74. The average Bonchev–Trinajstić information content (AvgIpc) is 2.70. The van der Waals surface area contributed by atoms with Gasteiger partial charge >= 0.3 is 0 Å². The van der Waals surface area contributed by atoms with Crippen molar-refractivity contribution in [3.63, 3.8) is 0 Å². The topological polar surface area (TPSA) is 17.8 Å². The molecule has 1 aromatic heterocycles. The first-order valence-corrected chi connectivity index (χ1v) is 7.31. The van der Waals surface area contributed by atoms with Crippen molar-refractivity contribution in [2.24, 2.45) is 0 Å². The number of hydrogen-bond donors (Lipinski definition) is 0. The van der Waals surface area contributed by atoms with E-state index in [9.17, 15) is 4.39 Å². The monoisotopic (exact) mass is 322 g/mol. The van der Waals surface area contributed by atoms with Gasteiger partial charge in [0.05, 0.1) is 0 Å². The second kappa shape index (κ2) is 4.44. The molecule has 3 rings (SSSR count). The van der Waals surface area contributed by atoms with E-state index < -0.39 is 0 Å². The van der Waals surface area contributed by atoms with Crippen LogP contribution >= 0.6 is 15.9 Å². The molecular formula is C15H16BrFN2. The van der Waals surface area contributed by atoms with Gasteiger partial charge in [0, 0.05) is 17.5 Å². The molecule has 0 bridgehead atoms. The lowest BCUT2D eigenvalue weighted by molar-refractivity contribution is 0.349. The maximum absolute atomic E-state index is 13.0. The van der Waals surface area contributed by atoms with Crippen LogP contribution in [0, 0.1) is 5.82 Å². The predicted octanol–water partition coefficient (Wildman–Crippen LogP) is 4.52. The second-order valence-electron chi connectivity index (χ2n) is 5.72. The highest BCUT2D eigenvalue weighted by Gasteiger charge is 2.32. The minimum absolute atomic E-state index is 0.0963. The van der Waals surface area contributed by atoms with Crippen molar-refractivity contribution in [1.82, 2.24) is 9.55 Å². The van der Waals surface area contributed by atoms with Crippen molar-refractivity contribution in [1.29, 1.82) is 0 Å². The zero-order valence-electron chi connectivity index (χ0n) is 11.1. The molecule has 0 saturated heterocycles. The average molecular weight is 323 g/mol. The van der Waals surface area contributed by atoms with E-state index >= 15 is 0 Å². The van der Waals surface area contributed by atoms with Gasteiger partial charge in [-0.05, 0) is 53.0 Å². The van der Waals surface area contributed by atoms with Gasteiger partial charge in [-0.2, -0.15) is 0 Å². The Kier molecular flexibility index (Phi) is 3.01. The molecule has 2 heterocycles. The standard InChI is InChI=1S/C15H16BrFN2/c1-15(2)8-3-9-19-13(16)12(18-14(15)19)10-4-6-11(17)7-5-10/h4-7H,3,8-9H2,1-2H3. The Hall–Kier alpha value is -1.16. The molecule has 0 fully saturated rings. The van der Waals surface area contributed by atoms with Gasteiger partial charge in [0.2, 0.25) is 0 Å². The Balaban J connectivity index is 2.14. The molecule has 0 N–H and O–H groups in total. The fraction of sp³-hybridized carbons (Fsp3) is 0.400. The molecule has 100 valence electrons. The maximum atomic E-state index is 13.0. The molecule has 2 nitrogen and oxygen atoms in total. The third-order valence-electron chi connectivity index (χ3n) is 3.81. The van der Waals surface area contributed by atoms with E-state index in [4.69, 9.17) is 4.98 Å². The molecule has 0 spiro atoms. The number of aromatic nitrogens is 2. The first kappa shape index (κ1) is 12.9. The molecule has 0 radical (unpaired) electrons. The van der Waals surface area contributed by atoms with Crippen molar-refractivity contribution in [3.8, 4) is 11.3 Å². The van der Waals surface area contributed by atoms with Gasteiger partial charge in [0.15, 0.2) is 0 Å². The van der Waals surface area contributed by atoms with Crippen molar-refractivity contribution in [2.45, 2.75) is 38.6 Å². The van der Waals surface area contributed by atoms with Crippen LogP contribution in [0.4, 0.5) is 4.39 Å². The Morgan fingerprint density at radius 3 is 2.58 bits per heavy atom. The van der Waals surface area contributed by atoms with Crippen molar-refractivity contribution < 1.29 is 4.39 Å². The van der Waals surface area contributed by atoms with E-state index in [1.165, 1.54) is 12.1 Å². The van der Waals surface area contributed by atoms with Gasteiger partial charge < -0.3 is 4.57 Å². The predicted molar refractivity (Wildman–Crippen MR) is 77.6 cm³/mol. The summed E-state index contributed by atoms with van der Waals surface area (Å²) in [7, 11) is 0. The molecule has 0 aliphatic carbocycles. The molecule has 4 heteroatoms. The summed E-state index contributed by atoms with van der Waals surface area (Å²) in [6.07, 6.45) is 2.32. The van der Waals surface area contributed by atoms with Gasteiger partial charge in [-0.3, -0.25) is 0 Å². The molecule has 2 aromatic rings.